The maximum atomic E-state index is 12.2. The van der Waals surface area contributed by atoms with Gasteiger partial charge in [0.1, 0.15) is 0 Å². The van der Waals surface area contributed by atoms with Gasteiger partial charge in [-0.25, -0.2) is 13.6 Å². The predicted molar refractivity (Wildman–Crippen MR) is 88.4 cm³/mol. The third-order valence-electron chi connectivity index (χ3n) is 3.08. The number of hydrogen-bond donors (Lipinski definition) is 2. The van der Waals surface area contributed by atoms with Crippen LogP contribution >= 0.6 is 0 Å². The fourth-order valence-corrected chi connectivity index (χ4v) is 2.74. The number of nitrogens with two attached hydrogens (primary N) is 1. The van der Waals surface area contributed by atoms with Gasteiger partial charge < -0.3 is 10.1 Å². The Bertz CT molecular complexity index is 786. The Balaban J connectivity index is 2.09. The van der Waals surface area contributed by atoms with Crippen molar-refractivity contribution >= 4 is 21.6 Å². The molecule has 2 rings (SSSR count). The highest BCUT2D eigenvalue weighted by Crippen LogP contribution is 2.14. The number of primary sulfonamides is 1. The van der Waals surface area contributed by atoms with Gasteiger partial charge in [0.15, 0.2) is 0 Å². The zero-order valence-electron chi connectivity index (χ0n) is 12.7. The van der Waals surface area contributed by atoms with E-state index in [-0.39, 0.29) is 11.7 Å². The van der Waals surface area contributed by atoms with E-state index >= 15 is 0 Å². The van der Waals surface area contributed by atoms with Crippen molar-refractivity contribution in [3.8, 4) is 0 Å². The minimum Gasteiger partial charge on any atom is -0.380 e. The van der Waals surface area contributed by atoms with Crippen molar-refractivity contribution in [2.24, 2.45) is 5.14 Å². The summed E-state index contributed by atoms with van der Waals surface area (Å²) in [6.45, 7) is 0.484. The Kier molecular flexibility index (Phi) is 5.49. The van der Waals surface area contributed by atoms with E-state index in [2.05, 4.69) is 5.32 Å². The monoisotopic (exact) mass is 334 g/mol. The van der Waals surface area contributed by atoms with Crippen molar-refractivity contribution in [3.63, 3.8) is 0 Å². The molecule has 1 amide bonds. The second-order valence-electron chi connectivity index (χ2n) is 5.09. The summed E-state index contributed by atoms with van der Waals surface area (Å²) in [6.07, 6.45) is 0. The first-order valence-electron chi connectivity index (χ1n) is 6.86. The maximum absolute atomic E-state index is 12.2. The van der Waals surface area contributed by atoms with E-state index in [0.717, 1.165) is 5.56 Å². The van der Waals surface area contributed by atoms with Crippen LogP contribution in [-0.4, -0.2) is 21.4 Å². The maximum Gasteiger partial charge on any atom is 0.255 e. The SMILES string of the molecule is COCc1ccc(C(=O)Nc2cccc(CS(N)(=O)=O)c2)cc1. The lowest BCUT2D eigenvalue weighted by Crippen LogP contribution is -2.15. The van der Waals surface area contributed by atoms with Gasteiger partial charge in [-0.15, -0.1) is 0 Å². The minimum absolute atomic E-state index is 0.275. The van der Waals surface area contributed by atoms with Crippen LogP contribution < -0.4 is 10.5 Å². The van der Waals surface area contributed by atoms with Gasteiger partial charge in [0.2, 0.25) is 10.0 Å². The number of ether oxygens (including phenoxy) is 1. The number of carbonyl (C=O) groups excluding carboxylic acids is 1. The molecule has 23 heavy (non-hydrogen) atoms. The third kappa shape index (κ3) is 5.48. The number of amides is 1. The number of benzene rings is 2. The number of carbonyl (C=O) groups is 1. The van der Waals surface area contributed by atoms with E-state index in [1.54, 1.807) is 43.5 Å². The van der Waals surface area contributed by atoms with Crippen LogP contribution in [0.3, 0.4) is 0 Å². The molecule has 122 valence electrons. The van der Waals surface area contributed by atoms with Crippen molar-refractivity contribution in [2.75, 3.05) is 12.4 Å². The molecular weight excluding hydrogens is 316 g/mol. The van der Waals surface area contributed by atoms with Gasteiger partial charge in [-0.1, -0.05) is 24.3 Å². The molecule has 7 heteroatoms. The molecular formula is C16H18N2O4S. The number of anilines is 1. The molecule has 3 N–H and O–H groups in total. The lowest BCUT2D eigenvalue weighted by atomic mass is 10.1. The second-order valence-corrected chi connectivity index (χ2v) is 6.71. The summed E-state index contributed by atoms with van der Waals surface area (Å²) in [6, 6.07) is 13.6. The topological polar surface area (TPSA) is 98.5 Å². The number of sulfonamides is 1. The number of methoxy groups -OCH3 is 1. The molecule has 0 saturated carbocycles. The molecule has 0 bridgehead atoms. The number of nitrogens with one attached hydrogen (secondary N) is 1. The summed E-state index contributed by atoms with van der Waals surface area (Å²) >= 11 is 0. The summed E-state index contributed by atoms with van der Waals surface area (Å²) in [5.41, 5.74) is 2.50. The van der Waals surface area contributed by atoms with Gasteiger partial charge in [-0.05, 0) is 35.4 Å². The summed E-state index contributed by atoms with van der Waals surface area (Å²) in [5.74, 6) is -0.552. The van der Waals surface area contributed by atoms with Crippen molar-refractivity contribution in [2.45, 2.75) is 12.4 Å². The summed E-state index contributed by atoms with van der Waals surface area (Å²) in [5, 5.41) is 7.75. The Morgan fingerprint density at radius 1 is 1.13 bits per heavy atom. The van der Waals surface area contributed by atoms with Crippen molar-refractivity contribution in [3.05, 3.63) is 65.2 Å². The van der Waals surface area contributed by atoms with Crippen molar-refractivity contribution < 1.29 is 17.9 Å². The molecule has 0 radical (unpaired) electrons. The number of rotatable bonds is 6. The van der Waals surface area contributed by atoms with E-state index in [1.165, 1.54) is 0 Å². The molecule has 2 aromatic carbocycles. The summed E-state index contributed by atoms with van der Waals surface area (Å²) in [4.78, 5) is 12.2. The van der Waals surface area contributed by atoms with Crippen LogP contribution in [0.2, 0.25) is 0 Å². The zero-order valence-corrected chi connectivity index (χ0v) is 13.5. The molecule has 2 aromatic rings. The smallest absolute Gasteiger partial charge is 0.255 e. The van der Waals surface area contributed by atoms with E-state index in [0.29, 0.717) is 23.4 Å². The highest BCUT2D eigenvalue weighted by Gasteiger charge is 2.09. The molecule has 0 aliphatic heterocycles. The Labute approximate surface area is 135 Å². The van der Waals surface area contributed by atoms with E-state index in [4.69, 9.17) is 9.88 Å². The van der Waals surface area contributed by atoms with Crippen LogP contribution in [-0.2, 0) is 27.1 Å². The highest BCUT2D eigenvalue weighted by molar-refractivity contribution is 7.88. The molecule has 0 aliphatic carbocycles. The molecule has 0 heterocycles. The number of hydrogen-bond acceptors (Lipinski definition) is 4. The van der Waals surface area contributed by atoms with Gasteiger partial charge >= 0.3 is 0 Å². The Morgan fingerprint density at radius 3 is 2.43 bits per heavy atom. The first-order chi connectivity index (χ1) is 10.9. The molecule has 0 aliphatic rings. The minimum atomic E-state index is -3.61. The first kappa shape index (κ1) is 17.1. The third-order valence-corrected chi connectivity index (χ3v) is 3.82. The van der Waals surface area contributed by atoms with E-state index in [1.807, 2.05) is 12.1 Å². The Morgan fingerprint density at radius 2 is 1.83 bits per heavy atom. The van der Waals surface area contributed by atoms with Crippen molar-refractivity contribution in [1.29, 1.82) is 0 Å². The van der Waals surface area contributed by atoms with Crippen LogP contribution in [0.15, 0.2) is 48.5 Å². The van der Waals surface area contributed by atoms with Gasteiger partial charge in [-0.3, -0.25) is 4.79 Å². The Hall–Kier alpha value is -2.22. The van der Waals surface area contributed by atoms with Crippen LogP contribution in [0.25, 0.3) is 0 Å². The summed E-state index contributed by atoms with van der Waals surface area (Å²) in [7, 11) is -2.00. The van der Waals surface area contributed by atoms with Gasteiger partial charge in [0.05, 0.1) is 12.4 Å². The van der Waals surface area contributed by atoms with Gasteiger partial charge in [0, 0.05) is 18.4 Å². The van der Waals surface area contributed by atoms with Crippen LogP contribution in [0.4, 0.5) is 5.69 Å². The predicted octanol–water partition coefficient (Wildman–Crippen LogP) is 1.87. The van der Waals surface area contributed by atoms with E-state index in [9.17, 15) is 13.2 Å². The lowest BCUT2D eigenvalue weighted by molar-refractivity contribution is 0.102. The normalized spacial score (nSPS) is 11.2. The van der Waals surface area contributed by atoms with Crippen LogP contribution in [0.1, 0.15) is 21.5 Å². The van der Waals surface area contributed by atoms with Crippen LogP contribution in [0.5, 0.6) is 0 Å². The first-order valence-corrected chi connectivity index (χ1v) is 8.57. The zero-order chi connectivity index (χ0) is 16.9. The van der Waals surface area contributed by atoms with Gasteiger partial charge in [0.25, 0.3) is 5.91 Å². The van der Waals surface area contributed by atoms with E-state index < -0.39 is 10.0 Å². The molecule has 0 atom stereocenters. The standard InChI is InChI=1S/C16H18N2O4S/c1-22-10-12-5-7-14(8-6-12)16(19)18-15-4-2-3-13(9-15)11-23(17,20)21/h2-9H,10-11H2,1H3,(H,18,19)(H2,17,20,21). The highest BCUT2D eigenvalue weighted by atomic mass is 32.2. The van der Waals surface area contributed by atoms with Crippen molar-refractivity contribution in [1.82, 2.24) is 0 Å². The average molecular weight is 334 g/mol. The molecule has 0 aromatic heterocycles. The molecule has 0 fully saturated rings. The largest absolute Gasteiger partial charge is 0.380 e. The average Bonchev–Trinajstić information content (AvgIpc) is 2.47. The van der Waals surface area contributed by atoms with Gasteiger partial charge in [-0.2, -0.15) is 0 Å². The molecule has 0 spiro atoms. The molecule has 0 saturated heterocycles. The van der Waals surface area contributed by atoms with Crippen LogP contribution in [0, 0.1) is 0 Å². The fraction of sp³-hybridized carbons (Fsp3) is 0.188. The quantitative estimate of drug-likeness (QED) is 0.842. The molecule has 6 nitrogen and oxygen atoms in total. The molecule has 0 unspecified atom stereocenters. The fourth-order valence-electron chi connectivity index (χ4n) is 2.09. The lowest BCUT2D eigenvalue weighted by Gasteiger charge is -2.08. The second kappa shape index (κ2) is 7.36. The summed E-state index contributed by atoms with van der Waals surface area (Å²) < 4.78 is 27.3.